The second-order valence-corrected chi connectivity index (χ2v) is 12.9. The van der Waals surface area contributed by atoms with E-state index < -0.39 is 12.3 Å². The van der Waals surface area contributed by atoms with E-state index in [2.05, 4.69) is 28.8 Å². The van der Waals surface area contributed by atoms with Gasteiger partial charge in [0.25, 0.3) is 0 Å². The molecule has 2 amide bonds. The summed E-state index contributed by atoms with van der Waals surface area (Å²) in [6.45, 7) is 0.847. The number of aliphatic hydroxyl groups excluding tert-OH is 1. The molecule has 1 aliphatic rings. The van der Waals surface area contributed by atoms with Crippen LogP contribution >= 0.6 is 11.8 Å². The third kappa shape index (κ3) is 9.37. The van der Waals surface area contributed by atoms with Crippen molar-refractivity contribution in [3.05, 3.63) is 161 Å². The van der Waals surface area contributed by atoms with Crippen LogP contribution in [0, 0.1) is 0 Å². The summed E-state index contributed by atoms with van der Waals surface area (Å²) in [5.74, 6) is -0.280. The molecule has 0 aliphatic carbocycles. The molecule has 5 aromatic rings. The molecule has 1 heterocycles. The van der Waals surface area contributed by atoms with Gasteiger partial charge in [0.1, 0.15) is 0 Å². The zero-order valence-corrected chi connectivity index (χ0v) is 27.6. The number of carbonyl (C=O) groups excluding carboxylic acids is 1. The fourth-order valence-electron chi connectivity index (χ4n) is 5.62. The van der Waals surface area contributed by atoms with Crippen molar-refractivity contribution in [2.75, 3.05) is 5.75 Å². The summed E-state index contributed by atoms with van der Waals surface area (Å²) in [5.41, 5.74) is 7.10. The van der Waals surface area contributed by atoms with Crippen molar-refractivity contribution in [3.8, 4) is 11.1 Å². The third-order valence-corrected chi connectivity index (χ3v) is 9.49. The van der Waals surface area contributed by atoms with E-state index in [1.165, 1.54) is 0 Å². The van der Waals surface area contributed by atoms with Crippen LogP contribution in [0.4, 0.5) is 4.79 Å². The largest absolute Gasteiger partial charge is 0.478 e. The number of amides is 2. The lowest BCUT2D eigenvalue weighted by Crippen LogP contribution is -2.34. The van der Waals surface area contributed by atoms with E-state index in [4.69, 9.17) is 9.47 Å². The molecular weight excluding hydrogens is 637 g/mol. The summed E-state index contributed by atoms with van der Waals surface area (Å²) in [7, 11) is 0. The van der Waals surface area contributed by atoms with E-state index in [1.54, 1.807) is 23.9 Å². The van der Waals surface area contributed by atoms with E-state index in [-0.39, 0.29) is 30.4 Å². The van der Waals surface area contributed by atoms with Gasteiger partial charge in [0.2, 0.25) is 0 Å². The number of rotatable bonds is 12. The van der Waals surface area contributed by atoms with Crippen LogP contribution < -0.4 is 10.6 Å². The SMILES string of the molecule is O=C(NCc1ccccc1)NCc1cccc(-c2ccc([C@H]3O[C@@H](CSc4ccc(C(=O)O)cc4)C[C@@H](c4ccc(CO)cc4)O3)cc2)c1. The van der Waals surface area contributed by atoms with Gasteiger partial charge in [-0.2, -0.15) is 0 Å². The number of urea groups is 1. The van der Waals surface area contributed by atoms with Gasteiger partial charge in [-0.25, -0.2) is 9.59 Å². The van der Waals surface area contributed by atoms with E-state index in [1.807, 2.05) is 97.1 Å². The van der Waals surface area contributed by atoms with Gasteiger partial charge in [0.05, 0.1) is 24.4 Å². The molecule has 6 rings (SSSR count). The maximum absolute atomic E-state index is 12.4. The van der Waals surface area contributed by atoms with Crippen molar-refractivity contribution < 1.29 is 29.3 Å². The van der Waals surface area contributed by atoms with Crippen molar-refractivity contribution in [3.63, 3.8) is 0 Å². The van der Waals surface area contributed by atoms with Crippen LogP contribution in [-0.2, 0) is 29.2 Å². The first-order valence-corrected chi connectivity index (χ1v) is 17.1. The predicted octanol–water partition coefficient (Wildman–Crippen LogP) is 7.88. The molecule has 1 saturated heterocycles. The van der Waals surface area contributed by atoms with Crippen LogP contribution in [0.3, 0.4) is 0 Å². The Bertz CT molecular complexity index is 1830. The molecular formula is C40H38N2O6S. The highest BCUT2D eigenvalue weighted by atomic mass is 32.2. The number of carboxylic acid groups (broad SMARTS) is 1. The molecule has 250 valence electrons. The van der Waals surface area contributed by atoms with Gasteiger partial charge in [0, 0.05) is 35.7 Å². The van der Waals surface area contributed by atoms with Crippen molar-refractivity contribution in [1.82, 2.24) is 10.6 Å². The Morgan fingerprint density at radius 2 is 1.37 bits per heavy atom. The average molecular weight is 675 g/mol. The highest BCUT2D eigenvalue weighted by Gasteiger charge is 2.32. The van der Waals surface area contributed by atoms with E-state index >= 15 is 0 Å². The first kappa shape index (κ1) is 34.0. The van der Waals surface area contributed by atoms with E-state index in [0.29, 0.717) is 25.3 Å². The fourth-order valence-corrected chi connectivity index (χ4v) is 6.54. The number of aliphatic hydroxyl groups is 1. The Morgan fingerprint density at radius 1 is 0.694 bits per heavy atom. The molecule has 0 saturated carbocycles. The zero-order chi connectivity index (χ0) is 34.0. The van der Waals surface area contributed by atoms with Crippen LogP contribution in [0.2, 0.25) is 0 Å². The number of aromatic carboxylic acids is 1. The lowest BCUT2D eigenvalue weighted by atomic mass is 9.99. The summed E-state index contributed by atoms with van der Waals surface area (Å²) in [6, 6.07) is 40.5. The second-order valence-electron chi connectivity index (χ2n) is 11.8. The molecule has 3 atom stereocenters. The minimum Gasteiger partial charge on any atom is -0.478 e. The Balaban J connectivity index is 1.11. The quantitative estimate of drug-likeness (QED) is 0.0995. The number of thioether (sulfide) groups is 1. The van der Waals surface area contributed by atoms with Crippen LogP contribution in [0.25, 0.3) is 11.1 Å². The van der Waals surface area contributed by atoms with Crippen LogP contribution in [0.5, 0.6) is 0 Å². The van der Waals surface area contributed by atoms with Gasteiger partial charge in [0.15, 0.2) is 6.29 Å². The van der Waals surface area contributed by atoms with Crippen LogP contribution in [0.1, 0.15) is 57.0 Å². The number of carbonyl (C=O) groups is 2. The molecule has 1 aliphatic heterocycles. The fraction of sp³-hybridized carbons (Fsp3) is 0.200. The molecule has 0 unspecified atom stereocenters. The summed E-state index contributed by atoms with van der Waals surface area (Å²) in [4.78, 5) is 24.6. The first-order valence-electron chi connectivity index (χ1n) is 16.1. The van der Waals surface area contributed by atoms with Gasteiger partial charge in [-0.15, -0.1) is 11.8 Å². The Hall–Kier alpha value is -4.93. The zero-order valence-electron chi connectivity index (χ0n) is 26.8. The lowest BCUT2D eigenvalue weighted by molar-refractivity contribution is -0.245. The van der Waals surface area contributed by atoms with Gasteiger partial charge >= 0.3 is 12.0 Å². The second kappa shape index (κ2) is 16.5. The van der Waals surface area contributed by atoms with Gasteiger partial charge in [-0.3, -0.25) is 0 Å². The van der Waals surface area contributed by atoms with Crippen molar-refractivity contribution in [2.24, 2.45) is 0 Å². The number of hydrogen-bond acceptors (Lipinski definition) is 6. The molecule has 8 nitrogen and oxygen atoms in total. The highest BCUT2D eigenvalue weighted by Crippen LogP contribution is 2.40. The Kier molecular flexibility index (Phi) is 11.4. The number of carboxylic acids is 1. The first-order chi connectivity index (χ1) is 23.9. The Morgan fingerprint density at radius 3 is 2.06 bits per heavy atom. The van der Waals surface area contributed by atoms with Crippen molar-refractivity contribution in [1.29, 1.82) is 0 Å². The molecule has 0 aromatic heterocycles. The molecule has 49 heavy (non-hydrogen) atoms. The molecule has 1 fully saturated rings. The van der Waals surface area contributed by atoms with Crippen LogP contribution in [-0.4, -0.2) is 34.1 Å². The normalized spacial score (nSPS) is 17.3. The molecule has 0 spiro atoms. The summed E-state index contributed by atoms with van der Waals surface area (Å²) >= 11 is 1.62. The standard InChI is InChI=1S/C40H38N2O6S/c43-25-28-9-11-31(12-10-28)37-22-35(26-49-36-19-17-32(18-20-36)38(44)45)47-39(48-37)33-15-13-30(14-16-33)34-8-4-7-29(21-34)24-42-40(46)41-23-27-5-2-1-3-6-27/h1-21,35,37,39,43H,22-26H2,(H,44,45)(H2,41,42,46)/t35-,37+,39+/m1/s1. The molecule has 0 bridgehead atoms. The molecule has 9 heteroatoms. The van der Waals surface area contributed by atoms with Crippen molar-refractivity contribution >= 4 is 23.8 Å². The van der Waals surface area contributed by atoms with E-state index in [9.17, 15) is 19.8 Å². The minimum atomic E-state index is -0.947. The number of ether oxygens (including phenoxy) is 2. The lowest BCUT2D eigenvalue weighted by Gasteiger charge is -2.36. The van der Waals surface area contributed by atoms with Crippen LogP contribution in [0.15, 0.2) is 132 Å². The number of nitrogens with one attached hydrogen (secondary N) is 2. The summed E-state index contributed by atoms with van der Waals surface area (Å²) < 4.78 is 13.0. The van der Waals surface area contributed by atoms with Gasteiger partial charge < -0.3 is 30.3 Å². The molecule has 0 radical (unpaired) electrons. The summed E-state index contributed by atoms with van der Waals surface area (Å²) in [6.07, 6.45) is -0.270. The smallest absolute Gasteiger partial charge is 0.335 e. The number of hydrogen-bond donors (Lipinski definition) is 4. The van der Waals surface area contributed by atoms with Crippen molar-refractivity contribution in [2.45, 2.75) is 49.5 Å². The van der Waals surface area contributed by atoms with Gasteiger partial charge in [-0.1, -0.05) is 97.1 Å². The van der Waals surface area contributed by atoms with E-state index in [0.717, 1.165) is 43.8 Å². The van der Waals surface area contributed by atoms with Gasteiger partial charge in [-0.05, 0) is 63.7 Å². The topological polar surface area (TPSA) is 117 Å². The molecule has 5 aromatic carbocycles. The summed E-state index contributed by atoms with van der Waals surface area (Å²) in [5, 5.41) is 24.6. The number of benzene rings is 5. The average Bonchev–Trinajstić information content (AvgIpc) is 3.16. The predicted molar refractivity (Wildman–Crippen MR) is 190 cm³/mol. The minimum absolute atomic E-state index is 0.0205. The maximum Gasteiger partial charge on any atom is 0.335 e. The monoisotopic (exact) mass is 674 g/mol. The highest BCUT2D eigenvalue weighted by molar-refractivity contribution is 7.99. The Labute approximate surface area is 290 Å². The molecule has 4 N–H and O–H groups in total. The third-order valence-electron chi connectivity index (χ3n) is 8.34. The maximum atomic E-state index is 12.4.